The number of hydrogen-bond donors (Lipinski definition) is 2. The van der Waals surface area contributed by atoms with Crippen LogP contribution in [0.25, 0.3) is 11.3 Å². The van der Waals surface area contributed by atoms with Gasteiger partial charge in [0.25, 0.3) is 5.56 Å². The molecule has 2 N–H and O–H groups in total. The Bertz CT molecular complexity index is 1160. The van der Waals surface area contributed by atoms with Crippen LogP contribution in [0.2, 0.25) is 10.0 Å². The molecule has 0 bridgehead atoms. The molecule has 3 aromatic rings. The molecule has 3 atom stereocenters. The van der Waals surface area contributed by atoms with Crippen molar-refractivity contribution in [1.29, 1.82) is 0 Å². The van der Waals surface area contributed by atoms with Crippen LogP contribution in [-0.4, -0.2) is 51.7 Å². The molecule has 4 rings (SSSR count). The second kappa shape index (κ2) is 9.95. The number of nitrogens with one attached hydrogen (secondary N) is 1. The smallest absolute Gasteiger partial charge is 0.251 e. The molecule has 32 heavy (non-hydrogen) atoms. The quantitative estimate of drug-likeness (QED) is 0.560. The minimum Gasteiger partial charge on any atom is -0.394 e. The maximum Gasteiger partial charge on any atom is 0.251 e. The van der Waals surface area contributed by atoms with Crippen LogP contribution in [-0.2, 0) is 4.74 Å². The second-order valence-corrected chi connectivity index (χ2v) is 8.24. The number of aromatic nitrogens is 3. The van der Waals surface area contributed by atoms with Crippen molar-refractivity contribution >= 4 is 29.2 Å². The van der Waals surface area contributed by atoms with Gasteiger partial charge in [-0.1, -0.05) is 29.3 Å². The highest BCUT2D eigenvalue weighted by Gasteiger charge is 2.26. The Morgan fingerprint density at radius 3 is 2.81 bits per heavy atom. The highest BCUT2D eigenvalue weighted by atomic mass is 35.5. The van der Waals surface area contributed by atoms with Crippen LogP contribution in [0.5, 0.6) is 0 Å². The summed E-state index contributed by atoms with van der Waals surface area (Å²) in [6, 6.07) is 8.74. The Hall–Kier alpha value is -2.52. The first-order chi connectivity index (χ1) is 15.5. The molecule has 3 heterocycles. The molecule has 1 aromatic carbocycles. The van der Waals surface area contributed by atoms with E-state index in [-0.39, 0.29) is 24.7 Å². The number of benzene rings is 1. The van der Waals surface area contributed by atoms with Crippen LogP contribution >= 0.6 is 23.2 Å². The van der Waals surface area contributed by atoms with Crippen molar-refractivity contribution in [3.05, 3.63) is 74.8 Å². The summed E-state index contributed by atoms with van der Waals surface area (Å²) in [4.78, 5) is 21.4. The minimum atomic E-state index is -1.14. The third-order valence-corrected chi connectivity index (χ3v) is 6.08. The first-order valence-electron chi connectivity index (χ1n) is 10.1. The number of halogens is 3. The molecule has 1 fully saturated rings. The normalized spacial score (nSPS) is 19.5. The predicted molar refractivity (Wildman–Crippen MR) is 121 cm³/mol. The van der Waals surface area contributed by atoms with Gasteiger partial charge >= 0.3 is 0 Å². The third kappa shape index (κ3) is 4.94. The fourth-order valence-corrected chi connectivity index (χ4v) is 3.91. The van der Waals surface area contributed by atoms with E-state index in [1.54, 1.807) is 42.7 Å². The summed E-state index contributed by atoms with van der Waals surface area (Å²) < 4.78 is 20.6. The van der Waals surface area contributed by atoms with Gasteiger partial charge in [-0.3, -0.25) is 4.79 Å². The SMILES string of the molecule is O=c1cc(-c2ccnc(NC3CCOCC3F)n2)ccn1[C@H](CO)c1ccc(Cl)c(Cl)c1. The standard InChI is InChI=1S/C22H21Cl2FN4O3/c23-15-2-1-14(9-16(15)24)20(11-30)29-7-4-13(10-21(29)31)18-3-6-26-22(27-18)28-19-5-8-32-12-17(19)25/h1-4,6-7,9-10,17,19-20,30H,5,8,11-12H2,(H,26,27,28)/t17?,19?,20-/m1/s1. The molecule has 1 saturated heterocycles. The maximum absolute atomic E-state index is 14.0. The van der Waals surface area contributed by atoms with E-state index in [4.69, 9.17) is 27.9 Å². The van der Waals surface area contributed by atoms with Gasteiger partial charge in [0.15, 0.2) is 0 Å². The number of aliphatic hydroxyl groups is 1. The zero-order valence-electron chi connectivity index (χ0n) is 16.9. The lowest BCUT2D eigenvalue weighted by Crippen LogP contribution is -2.39. The van der Waals surface area contributed by atoms with Crippen LogP contribution in [0.4, 0.5) is 10.3 Å². The van der Waals surface area contributed by atoms with Gasteiger partial charge in [0.1, 0.15) is 6.17 Å². The molecule has 10 heteroatoms. The Labute approximate surface area is 193 Å². The summed E-state index contributed by atoms with van der Waals surface area (Å²) in [7, 11) is 0. The topological polar surface area (TPSA) is 89.3 Å². The average Bonchev–Trinajstić information content (AvgIpc) is 2.79. The van der Waals surface area contributed by atoms with Gasteiger partial charge in [0, 0.05) is 30.6 Å². The van der Waals surface area contributed by atoms with E-state index < -0.39 is 18.3 Å². The van der Waals surface area contributed by atoms with Gasteiger partial charge in [-0.05, 0) is 36.2 Å². The van der Waals surface area contributed by atoms with E-state index >= 15 is 0 Å². The first kappa shape index (κ1) is 22.7. The van der Waals surface area contributed by atoms with Crippen LogP contribution in [0.1, 0.15) is 18.0 Å². The Morgan fingerprint density at radius 1 is 1.25 bits per heavy atom. The Morgan fingerprint density at radius 2 is 2.09 bits per heavy atom. The molecule has 0 amide bonds. The molecule has 2 aromatic heterocycles. The van der Waals surface area contributed by atoms with Gasteiger partial charge < -0.3 is 19.7 Å². The number of anilines is 1. The number of nitrogens with zero attached hydrogens (tertiary/aromatic N) is 3. The van der Waals surface area contributed by atoms with Crippen molar-refractivity contribution in [3.8, 4) is 11.3 Å². The molecule has 2 unspecified atom stereocenters. The van der Waals surface area contributed by atoms with Gasteiger partial charge in [0.2, 0.25) is 5.95 Å². The van der Waals surface area contributed by atoms with E-state index in [0.29, 0.717) is 39.9 Å². The summed E-state index contributed by atoms with van der Waals surface area (Å²) in [5.41, 5.74) is 1.42. The molecule has 0 radical (unpaired) electrons. The van der Waals surface area contributed by atoms with Crippen molar-refractivity contribution < 1.29 is 14.2 Å². The van der Waals surface area contributed by atoms with Gasteiger partial charge in [-0.25, -0.2) is 14.4 Å². The number of hydrogen-bond acceptors (Lipinski definition) is 6. The second-order valence-electron chi connectivity index (χ2n) is 7.43. The Balaban J connectivity index is 1.59. The molecule has 0 aliphatic carbocycles. The van der Waals surface area contributed by atoms with Crippen LogP contribution in [0.15, 0.2) is 53.6 Å². The van der Waals surface area contributed by atoms with E-state index in [9.17, 15) is 14.3 Å². The highest BCUT2D eigenvalue weighted by Crippen LogP contribution is 2.27. The lowest BCUT2D eigenvalue weighted by atomic mass is 10.1. The summed E-state index contributed by atoms with van der Waals surface area (Å²) in [5, 5.41) is 13.7. The highest BCUT2D eigenvalue weighted by molar-refractivity contribution is 6.42. The summed E-state index contributed by atoms with van der Waals surface area (Å²) >= 11 is 12.1. The molecular formula is C22H21Cl2FN4O3. The van der Waals surface area contributed by atoms with Gasteiger partial charge in [-0.2, -0.15) is 0 Å². The summed E-state index contributed by atoms with van der Waals surface area (Å²) in [6.45, 7) is 0.218. The summed E-state index contributed by atoms with van der Waals surface area (Å²) in [6.07, 6.45) is 2.51. The maximum atomic E-state index is 14.0. The third-order valence-electron chi connectivity index (χ3n) is 5.34. The average molecular weight is 479 g/mol. The molecule has 168 valence electrons. The zero-order chi connectivity index (χ0) is 22.7. The van der Waals surface area contributed by atoms with Crippen molar-refractivity contribution in [2.75, 3.05) is 25.1 Å². The van der Waals surface area contributed by atoms with E-state index in [1.165, 1.54) is 10.6 Å². The first-order valence-corrected chi connectivity index (χ1v) is 10.8. The number of rotatable bonds is 6. The van der Waals surface area contributed by atoms with E-state index in [0.717, 1.165) is 0 Å². The van der Waals surface area contributed by atoms with Crippen molar-refractivity contribution in [2.45, 2.75) is 24.7 Å². The molecule has 1 aliphatic rings. The minimum absolute atomic E-state index is 0.0421. The van der Waals surface area contributed by atoms with Crippen molar-refractivity contribution in [1.82, 2.24) is 14.5 Å². The molecule has 0 spiro atoms. The fraction of sp³-hybridized carbons (Fsp3) is 0.318. The Kier molecular flexibility index (Phi) is 7.05. The van der Waals surface area contributed by atoms with E-state index in [2.05, 4.69) is 15.3 Å². The molecule has 1 aliphatic heterocycles. The van der Waals surface area contributed by atoms with Crippen LogP contribution in [0, 0.1) is 0 Å². The largest absolute Gasteiger partial charge is 0.394 e. The van der Waals surface area contributed by atoms with Crippen molar-refractivity contribution in [2.24, 2.45) is 0 Å². The summed E-state index contributed by atoms with van der Waals surface area (Å²) in [5.74, 6) is 0.283. The van der Waals surface area contributed by atoms with Crippen LogP contribution < -0.4 is 10.9 Å². The molecular weight excluding hydrogens is 458 g/mol. The number of pyridine rings is 1. The monoisotopic (exact) mass is 478 g/mol. The predicted octanol–water partition coefficient (Wildman–Crippen LogP) is 3.73. The lowest BCUT2D eigenvalue weighted by Gasteiger charge is -2.26. The van der Waals surface area contributed by atoms with Crippen LogP contribution in [0.3, 0.4) is 0 Å². The zero-order valence-corrected chi connectivity index (χ0v) is 18.4. The number of aliphatic hydroxyl groups excluding tert-OH is 1. The van der Waals surface area contributed by atoms with E-state index in [1.807, 2.05) is 0 Å². The lowest BCUT2D eigenvalue weighted by molar-refractivity contribution is 0.0284. The van der Waals surface area contributed by atoms with Gasteiger partial charge in [-0.15, -0.1) is 0 Å². The van der Waals surface area contributed by atoms with Gasteiger partial charge in [0.05, 0.1) is 41.0 Å². The number of alkyl halides is 1. The van der Waals surface area contributed by atoms with Crippen molar-refractivity contribution in [3.63, 3.8) is 0 Å². The molecule has 0 saturated carbocycles. The molecule has 7 nitrogen and oxygen atoms in total. The number of ether oxygens (including phenoxy) is 1. The fourth-order valence-electron chi connectivity index (χ4n) is 3.60.